The largest absolute Gasteiger partial charge is 0.494 e. The van der Waals surface area contributed by atoms with Crippen molar-refractivity contribution in [3.05, 3.63) is 78.1 Å². The Bertz CT molecular complexity index is 1000. The van der Waals surface area contributed by atoms with Crippen LogP contribution < -0.4 is 15.4 Å². The summed E-state index contributed by atoms with van der Waals surface area (Å²) in [6, 6.07) is 16.9. The molecule has 3 rings (SSSR count). The lowest BCUT2D eigenvalue weighted by Crippen LogP contribution is -2.34. The molecule has 0 aliphatic rings. The molecule has 0 atom stereocenters. The standard InChI is InChI=1S/C24H29N5O3/c1-28(2)13-6-14-32-22-11-9-21(10-12-22)27-24(31)23(30)25-15-20-16-26-29(18-20)17-19-7-4-3-5-8-19/h3-5,7-12,16,18H,6,13-15,17H2,1-2H3,(H,25,30)(H,27,31). The van der Waals surface area contributed by atoms with E-state index in [9.17, 15) is 9.59 Å². The number of benzene rings is 2. The second kappa shape index (κ2) is 11.7. The SMILES string of the molecule is CN(C)CCCOc1ccc(NC(=O)C(=O)NCc2cnn(Cc3ccccc3)c2)cc1. The Hall–Kier alpha value is -3.65. The summed E-state index contributed by atoms with van der Waals surface area (Å²) < 4.78 is 7.46. The van der Waals surface area contributed by atoms with Crippen LogP contribution in [-0.2, 0) is 22.7 Å². The summed E-state index contributed by atoms with van der Waals surface area (Å²) in [7, 11) is 4.04. The van der Waals surface area contributed by atoms with Gasteiger partial charge < -0.3 is 20.3 Å². The lowest BCUT2D eigenvalue weighted by molar-refractivity contribution is -0.136. The highest BCUT2D eigenvalue weighted by atomic mass is 16.5. The van der Waals surface area contributed by atoms with Crippen molar-refractivity contribution in [2.45, 2.75) is 19.5 Å². The van der Waals surface area contributed by atoms with Crippen LogP contribution in [0.15, 0.2) is 67.0 Å². The van der Waals surface area contributed by atoms with Crippen LogP contribution in [0.1, 0.15) is 17.5 Å². The predicted molar refractivity (Wildman–Crippen MR) is 123 cm³/mol. The van der Waals surface area contributed by atoms with Gasteiger partial charge in [-0.25, -0.2) is 0 Å². The van der Waals surface area contributed by atoms with Gasteiger partial charge in [-0.05, 0) is 50.3 Å². The summed E-state index contributed by atoms with van der Waals surface area (Å²) in [4.78, 5) is 26.4. The Morgan fingerprint density at radius 2 is 1.75 bits per heavy atom. The highest BCUT2D eigenvalue weighted by Gasteiger charge is 2.14. The highest BCUT2D eigenvalue weighted by Crippen LogP contribution is 2.16. The molecule has 8 heteroatoms. The fourth-order valence-corrected chi connectivity index (χ4v) is 3.01. The summed E-state index contributed by atoms with van der Waals surface area (Å²) in [5.41, 5.74) is 2.48. The van der Waals surface area contributed by atoms with E-state index in [0.29, 0.717) is 18.8 Å². The number of rotatable bonds is 10. The van der Waals surface area contributed by atoms with E-state index in [1.807, 2.05) is 50.6 Å². The van der Waals surface area contributed by atoms with Gasteiger partial charge in [0.15, 0.2) is 0 Å². The maximum Gasteiger partial charge on any atom is 0.313 e. The molecule has 32 heavy (non-hydrogen) atoms. The van der Waals surface area contributed by atoms with Crippen LogP contribution in [0.4, 0.5) is 5.69 Å². The van der Waals surface area contributed by atoms with Crippen LogP contribution in [0.25, 0.3) is 0 Å². The second-order valence-electron chi connectivity index (χ2n) is 7.70. The number of nitrogens with one attached hydrogen (secondary N) is 2. The molecule has 2 amide bonds. The predicted octanol–water partition coefficient (Wildman–Crippen LogP) is 2.52. The third-order valence-corrected chi connectivity index (χ3v) is 4.66. The van der Waals surface area contributed by atoms with Gasteiger partial charge in [0, 0.05) is 30.5 Å². The van der Waals surface area contributed by atoms with Crippen molar-refractivity contribution >= 4 is 17.5 Å². The molecule has 0 aliphatic carbocycles. The highest BCUT2D eigenvalue weighted by molar-refractivity contribution is 6.39. The molecule has 0 unspecified atom stereocenters. The molecule has 0 radical (unpaired) electrons. The zero-order valence-corrected chi connectivity index (χ0v) is 18.5. The lowest BCUT2D eigenvalue weighted by atomic mass is 10.2. The van der Waals surface area contributed by atoms with Crippen molar-refractivity contribution in [1.82, 2.24) is 20.0 Å². The topological polar surface area (TPSA) is 88.5 Å². The molecule has 0 saturated carbocycles. The van der Waals surface area contributed by atoms with Gasteiger partial charge in [0.2, 0.25) is 0 Å². The summed E-state index contributed by atoms with van der Waals surface area (Å²) in [5, 5.41) is 9.51. The number of carbonyl (C=O) groups excluding carboxylic acids is 2. The van der Waals surface area contributed by atoms with Crippen molar-refractivity contribution in [2.75, 3.05) is 32.6 Å². The van der Waals surface area contributed by atoms with E-state index in [1.54, 1.807) is 35.1 Å². The molecule has 2 aromatic carbocycles. The monoisotopic (exact) mass is 435 g/mol. The summed E-state index contributed by atoms with van der Waals surface area (Å²) >= 11 is 0. The number of carbonyl (C=O) groups is 2. The minimum absolute atomic E-state index is 0.223. The molecule has 0 aliphatic heterocycles. The summed E-state index contributed by atoms with van der Waals surface area (Å²) in [6.07, 6.45) is 4.46. The quantitative estimate of drug-likeness (QED) is 0.377. The van der Waals surface area contributed by atoms with E-state index < -0.39 is 11.8 Å². The van der Waals surface area contributed by atoms with Gasteiger partial charge in [0.05, 0.1) is 19.3 Å². The minimum atomic E-state index is -0.721. The summed E-state index contributed by atoms with van der Waals surface area (Å²) in [6.45, 7) is 2.44. The van der Waals surface area contributed by atoms with E-state index in [0.717, 1.165) is 29.8 Å². The molecule has 0 spiro atoms. The number of anilines is 1. The van der Waals surface area contributed by atoms with E-state index in [-0.39, 0.29) is 6.54 Å². The first kappa shape index (κ1) is 23.0. The smallest absolute Gasteiger partial charge is 0.313 e. The number of hydrogen-bond donors (Lipinski definition) is 2. The Balaban J connectivity index is 1.40. The van der Waals surface area contributed by atoms with Gasteiger partial charge in [-0.3, -0.25) is 14.3 Å². The van der Waals surface area contributed by atoms with Crippen LogP contribution in [0, 0.1) is 0 Å². The second-order valence-corrected chi connectivity index (χ2v) is 7.70. The molecule has 0 saturated heterocycles. The molecule has 2 N–H and O–H groups in total. The zero-order chi connectivity index (χ0) is 22.8. The van der Waals surface area contributed by atoms with Crippen molar-refractivity contribution in [2.24, 2.45) is 0 Å². The molecule has 0 bridgehead atoms. The van der Waals surface area contributed by atoms with E-state index in [1.165, 1.54) is 0 Å². The van der Waals surface area contributed by atoms with Crippen molar-refractivity contribution in [1.29, 1.82) is 0 Å². The average molecular weight is 436 g/mol. The van der Waals surface area contributed by atoms with E-state index in [2.05, 4.69) is 20.6 Å². The van der Waals surface area contributed by atoms with Crippen molar-refractivity contribution in [3.63, 3.8) is 0 Å². The third kappa shape index (κ3) is 7.55. The first-order chi connectivity index (χ1) is 15.5. The third-order valence-electron chi connectivity index (χ3n) is 4.66. The zero-order valence-electron chi connectivity index (χ0n) is 18.5. The van der Waals surface area contributed by atoms with Gasteiger partial charge >= 0.3 is 11.8 Å². The first-order valence-corrected chi connectivity index (χ1v) is 10.5. The van der Waals surface area contributed by atoms with Crippen molar-refractivity contribution < 1.29 is 14.3 Å². The Morgan fingerprint density at radius 1 is 1.00 bits per heavy atom. The molecular weight excluding hydrogens is 406 g/mol. The molecule has 8 nitrogen and oxygen atoms in total. The first-order valence-electron chi connectivity index (χ1n) is 10.5. The number of aromatic nitrogens is 2. The number of nitrogens with zero attached hydrogens (tertiary/aromatic N) is 3. The van der Waals surface area contributed by atoms with Crippen LogP contribution in [-0.4, -0.2) is 53.7 Å². The number of ether oxygens (including phenoxy) is 1. The van der Waals surface area contributed by atoms with Gasteiger partial charge in [-0.15, -0.1) is 0 Å². The summed E-state index contributed by atoms with van der Waals surface area (Å²) in [5.74, 6) is -0.704. The van der Waals surface area contributed by atoms with Gasteiger partial charge in [0.25, 0.3) is 0 Å². The number of hydrogen-bond acceptors (Lipinski definition) is 5. The molecule has 168 valence electrons. The lowest BCUT2D eigenvalue weighted by Gasteiger charge is -2.11. The average Bonchev–Trinajstić information content (AvgIpc) is 3.24. The van der Waals surface area contributed by atoms with Gasteiger partial charge in [-0.2, -0.15) is 5.10 Å². The van der Waals surface area contributed by atoms with Crippen LogP contribution in [0.5, 0.6) is 5.75 Å². The maximum absolute atomic E-state index is 12.2. The molecular formula is C24H29N5O3. The minimum Gasteiger partial charge on any atom is -0.494 e. The van der Waals surface area contributed by atoms with Gasteiger partial charge in [-0.1, -0.05) is 30.3 Å². The Morgan fingerprint density at radius 3 is 2.47 bits per heavy atom. The van der Waals surface area contributed by atoms with Crippen LogP contribution >= 0.6 is 0 Å². The molecule has 1 heterocycles. The van der Waals surface area contributed by atoms with E-state index >= 15 is 0 Å². The van der Waals surface area contributed by atoms with E-state index in [4.69, 9.17) is 4.74 Å². The fraction of sp³-hybridized carbons (Fsp3) is 0.292. The molecule has 1 aromatic heterocycles. The van der Waals surface area contributed by atoms with Crippen LogP contribution in [0.2, 0.25) is 0 Å². The molecule has 0 fully saturated rings. The normalized spacial score (nSPS) is 10.7. The Kier molecular flexibility index (Phi) is 8.39. The van der Waals surface area contributed by atoms with Crippen molar-refractivity contribution in [3.8, 4) is 5.75 Å². The fourth-order valence-electron chi connectivity index (χ4n) is 3.01. The molecule has 3 aromatic rings. The number of amides is 2. The van der Waals surface area contributed by atoms with Crippen LogP contribution in [0.3, 0.4) is 0 Å². The maximum atomic E-state index is 12.2. The van der Waals surface area contributed by atoms with Gasteiger partial charge in [0.1, 0.15) is 5.75 Å². The Labute approximate surface area is 188 Å².